The fourth-order valence-electron chi connectivity index (χ4n) is 2.37. The zero-order valence-electron chi connectivity index (χ0n) is 10.5. The van der Waals surface area contributed by atoms with Crippen molar-refractivity contribution in [2.45, 2.75) is 19.8 Å². The molecule has 0 aliphatic carbocycles. The molecule has 2 aromatic rings. The van der Waals surface area contributed by atoms with E-state index in [-0.39, 0.29) is 5.78 Å². The summed E-state index contributed by atoms with van der Waals surface area (Å²) in [6.07, 6.45) is 1.68. The van der Waals surface area contributed by atoms with Crippen molar-refractivity contribution in [1.82, 2.24) is 0 Å². The Balaban J connectivity index is 2.10. The second-order valence-corrected chi connectivity index (χ2v) is 5.85. The number of ketones is 1. The van der Waals surface area contributed by atoms with Gasteiger partial charge < -0.3 is 4.74 Å². The Hall–Kier alpha value is -1.32. The van der Waals surface area contributed by atoms with Gasteiger partial charge in [0.15, 0.2) is 0 Å². The standard InChI is InChI=1S/C15H13ClO2S/c1-2-9-4-6-19-15(9)13(17)12-8-11(16)7-10-3-5-18-14(10)12/h4,6-8H,2-3,5H2,1H3. The van der Waals surface area contributed by atoms with Crippen molar-refractivity contribution in [3.05, 3.63) is 50.2 Å². The number of hydrogen-bond acceptors (Lipinski definition) is 3. The highest BCUT2D eigenvalue weighted by Gasteiger charge is 2.24. The van der Waals surface area contributed by atoms with E-state index in [1.807, 2.05) is 17.5 Å². The summed E-state index contributed by atoms with van der Waals surface area (Å²) >= 11 is 7.58. The van der Waals surface area contributed by atoms with Gasteiger partial charge in [-0.3, -0.25) is 4.79 Å². The van der Waals surface area contributed by atoms with Crippen LogP contribution in [0, 0.1) is 0 Å². The number of thiophene rings is 1. The Labute approximate surface area is 121 Å². The predicted octanol–water partition coefficient (Wildman–Crippen LogP) is 4.13. The first-order chi connectivity index (χ1) is 9.20. The van der Waals surface area contributed by atoms with E-state index in [1.54, 1.807) is 6.07 Å². The van der Waals surface area contributed by atoms with Gasteiger partial charge in [-0.1, -0.05) is 18.5 Å². The van der Waals surface area contributed by atoms with Gasteiger partial charge in [0.25, 0.3) is 0 Å². The highest BCUT2D eigenvalue weighted by Crippen LogP contribution is 2.35. The van der Waals surface area contributed by atoms with Crippen molar-refractivity contribution < 1.29 is 9.53 Å². The van der Waals surface area contributed by atoms with Gasteiger partial charge >= 0.3 is 0 Å². The maximum Gasteiger partial charge on any atom is 0.207 e. The molecule has 1 aromatic carbocycles. The molecule has 0 unspecified atom stereocenters. The van der Waals surface area contributed by atoms with Crippen molar-refractivity contribution in [2.75, 3.05) is 6.61 Å². The number of hydrogen-bond donors (Lipinski definition) is 0. The first-order valence-corrected chi connectivity index (χ1v) is 7.52. The minimum atomic E-state index is 0.0208. The van der Waals surface area contributed by atoms with E-state index in [0.29, 0.717) is 22.9 Å². The third-order valence-electron chi connectivity index (χ3n) is 3.33. The number of fused-ring (bicyclic) bond motifs is 1. The van der Waals surface area contributed by atoms with Gasteiger partial charge in [-0.05, 0) is 41.1 Å². The van der Waals surface area contributed by atoms with E-state index >= 15 is 0 Å². The SMILES string of the molecule is CCc1ccsc1C(=O)c1cc(Cl)cc2c1OCC2. The number of aryl methyl sites for hydroxylation is 1. The summed E-state index contributed by atoms with van der Waals surface area (Å²) in [7, 11) is 0. The lowest BCUT2D eigenvalue weighted by Crippen LogP contribution is -2.04. The van der Waals surface area contributed by atoms with Crippen LogP contribution in [-0.4, -0.2) is 12.4 Å². The summed E-state index contributed by atoms with van der Waals surface area (Å²) in [5, 5.41) is 2.56. The van der Waals surface area contributed by atoms with Gasteiger partial charge in [-0.25, -0.2) is 0 Å². The van der Waals surface area contributed by atoms with Crippen LogP contribution in [-0.2, 0) is 12.8 Å². The first kappa shape index (κ1) is 12.7. The van der Waals surface area contributed by atoms with Gasteiger partial charge in [-0.15, -0.1) is 11.3 Å². The molecule has 0 spiro atoms. The monoisotopic (exact) mass is 292 g/mol. The lowest BCUT2D eigenvalue weighted by atomic mass is 10.0. The Morgan fingerprint density at radius 3 is 3.11 bits per heavy atom. The second kappa shape index (κ2) is 4.99. The van der Waals surface area contributed by atoms with Crippen molar-refractivity contribution in [3.63, 3.8) is 0 Å². The maximum absolute atomic E-state index is 12.7. The number of carbonyl (C=O) groups excluding carboxylic acids is 1. The van der Waals surface area contributed by atoms with Crippen LogP contribution in [0.5, 0.6) is 5.75 Å². The van der Waals surface area contributed by atoms with E-state index in [9.17, 15) is 4.79 Å². The number of rotatable bonds is 3. The van der Waals surface area contributed by atoms with Gasteiger partial charge in [0.05, 0.1) is 17.0 Å². The molecule has 0 saturated heterocycles. The topological polar surface area (TPSA) is 26.3 Å². The molecule has 0 saturated carbocycles. The van der Waals surface area contributed by atoms with Crippen molar-refractivity contribution in [2.24, 2.45) is 0 Å². The highest BCUT2D eigenvalue weighted by molar-refractivity contribution is 7.12. The molecule has 3 rings (SSSR count). The Morgan fingerprint density at radius 1 is 1.47 bits per heavy atom. The van der Waals surface area contributed by atoms with Crippen LogP contribution in [0.3, 0.4) is 0 Å². The van der Waals surface area contributed by atoms with Crippen LogP contribution in [0.25, 0.3) is 0 Å². The molecule has 2 nitrogen and oxygen atoms in total. The first-order valence-electron chi connectivity index (χ1n) is 6.27. The molecule has 1 aliphatic rings. The summed E-state index contributed by atoms with van der Waals surface area (Å²) in [6.45, 7) is 2.68. The summed E-state index contributed by atoms with van der Waals surface area (Å²) in [4.78, 5) is 13.5. The summed E-state index contributed by atoms with van der Waals surface area (Å²) < 4.78 is 5.60. The molecular weight excluding hydrogens is 280 g/mol. The average molecular weight is 293 g/mol. The second-order valence-electron chi connectivity index (χ2n) is 4.50. The van der Waals surface area contributed by atoms with Crippen LogP contribution in [0.4, 0.5) is 0 Å². The lowest BCUT2D eigenvalue weighted by Gasteiger charge is -2.08. The highest BCUT2D eigenvalue weighted by atomic mass is 35.5. The van der Waals surface area contributed by atoms with Crippen LogP contribution in [0.1, 0.15) is 33.3 Å². The molecule has 4 heteroatoms. The minimum absolute atomic E-state index is 0.0208. The fraction of sp³-hybridized carbons (Fsp3) is 0.267. The normalized spacial score (nSPS) is 13.2. The van der Waals surface area contributed by atoms with Crippen molar-refractivity contribution >= 4 is 28.7 Å². The van der Waals surface area contributed by atoms with Crippen LogP contribution < -0.4 is 4.74 Å². The molecule has 0 radical (unpaired) electrons. The molecular formula is C15H13ClO2S. The number of carbonyl (C=O) groups is 1. The van der Waals surface area contributed by atoms with Crippen molar-refractivity contribution in [1.29, 1.82) is 0 Å². The van der Waals surface area contributed by atoms with Crippen LogP contribution >= 0.6 is 22.9 Å². The molecule has 0 fully saturated rings. The Bertz CT molecular complexity index is 646. The zero-order valence-corrected chi connectivity index (χ0v) is 12.1. The van der Waals surface area contributed by atoms with E-state index in [2.05, 4.69) is 6.92 Å². The fourth-order valence-corrected chi connectivity index (χ4v) is 3.56. The molecule has 0 atom stereocenters. The zero-order chi connectivity index (χ0) is 13.4. The Kier molecular flexibility index (Phi) is 3.33. The van der Waals surface area contributed by atoms with E-state index in [4.69, 9.17) is 16.3 Å². The molecule has 1 aromatic heterocycles. The Morgan fingerprint density at radius 2 is 2.32 bits per heavy atom. The number of ether oxygens (including phenoxy) is 1. The summed E-state index contributed by atoms with van der Waals surface area (Å²) in [5.41, 5.74) is 2.71. The van der Waals surface area contributed by atoms with Gasteiger partial charge in [0, 0.05) is 11.4 Å². The average Bonchev–Trinajstić information content (AvgIpc) is 3.04. The smallest absolute Gasteiger partial charge is 0.207 e. The molecule has 19 heavy (non-hydrogen) atoms. The lowest BCUT2D eigenvalue weighted by molar-refractivity contribution is 0.103. The van der Waals surface area contributed by atoms with Gasteiger partial charge in [0.2, 0.25) is 5.78 Å². The minimum Gasteiger partial charge on any atom is -0.492 e. The van der Waals surface area contributed by atoms with Gasteiger partial charge in [0.1, 0.15) is 5.75 Å². The molecule has 98 valence electrons. The van der Waals surface area contributed by atoms with Crippen molar-refractivity contribution in [3.8, 4) is 5.75 Å². The third-order valence-corrected chi connectivity index (χ3v) is 4.50. The summed E-state index contributed by atoms with van der Waals surface area (Å²) in [6, 6.07) is 5.60. The summed E-state index contributed by atoms with van der Waals surface area (Å²) in [5.74, 6) is 0.734. The van der Waals surface area contributed by atoms with E-state index < -0.39 is 0 Å². The predicted molar refractivity (Wildman–Crippen MR) is 77.8 cm³/mol. The van der Waals surface area contributed by atoms with E-state index in [1.165, 1.54) is 11.3 Å². The van der Waals surface area contributed by atoms with Gasteiger partial charge in [-0.2, -0.15) is 0 Å². The maximum atomic E-state index is 12.7. The number of benzene rings is 1. The molecule has 1 aliphatic heterocycles. The largest absolute Gasteiger partial charge is 0.492 e. The molecule has 0 N–H and O–H groups in total. The molecule has 0 bridgehead atoms. The molecule has 2 heterocycles. The van der Waals surface area contributed by atoms with E-state index in [0.717, 1.165) is 28.8 Å². The van der Waals surface area contributed by atoms with Crippen LogP contribution in [0.2, 0.25) is 5.02 Å². The third kappa shape index (κ3) is 2.17. The number of halogens is 1. The van der Waals surface area contributed by atoms with Crippen LogP contribution in [0.15, 0.2) is 23.6 Å². The molecule has 0 amide bonds. The quantitative estimate of drug-likeness (QED) is 0.795.